The van der Waals surface area contributed by atoms with Crippen LogP contribution in [0.25, 0.3) is 0 Å². The van der Waals surface area contributed by atoms with E-state index in [2.05, 4.69) is 98.8 Å². The molecule has 0 amide bonds. The molecule has 1 aliphatic rings. The van der Waals surface area contributed by atoms with E-state index in [0.29, 0.717) is 0 Å². The summed E-state index contributed by atoms with van der Waals surface area (Å²) in [6.45, 7) is 7.45. The minimum atomic E-state index is -1.16. The van der Waals surface area contributed by atoms with Crippen LogP contribution in [0.5, 0.6) is 0 Å². The predicted molar refractivity (Wildman–Crippen MR) is 107 cm³/mol. The number of alkyl halides is 1. The molecule has 0 atom stereocenters. The first-order valence-electron chi connectivity index (χ1n) is 5.13. The molecule has 0 aromatic heterocycles. The van der Waals surface area contributed by atoms with Gasteiger partial charge in [-0.05, 0) is 0 Å². The van der Waals surface area contributed by atoms with E-state index >= 15 is 0 Å². The van der Waals surface area contributed by atoms with Gasteiger partial charge in [0.25, 0.3) is 0 Å². The van der Waals surface area contributed by atoms with E-state index < -0.39 is 9.81 Å². The van der Waals surface area contributed by atoms with Gasteiger partial charge in [0.2, 0.25) is 0 Å². The van der Waals surface area contributed by atoms with Gasteiger partial charge in [0, 0.05) is 0 Å². The summed E-state index contributed by atoms with van der Waals surface area (Å²) in [6.07, 6.45) is 7.41. The Morgan fingerprint density at radius 3 is 2.33 bits per heavy atom. The molecule has 0 aromatic rings. The van der Waals surface area contributed by atoms with Crippen LogP contribution in [-0.4, -0.2) is 24.2 Å². The zero-order chi connectivity index (χ0) is 11.7. The Morgan fingerprint density at radius 1 is 1.27 bits per heavy atom. The molecule has 1 aliphatic carbocycles. The number of allylic oxidation sites excluding steroid dienone is 4. The minimum absolute atomic E-state index is 1.13. The van der Waals surface area contributed by atoms with Crippen molar-refractivity contribution in [1.82, 2.24) is 0 Å². The molecule has 0 fully saturated rings. The number of halogens is 3. The van der Waals surface area contributed by atoms with Crippen LogP contribution in [-0.2, 0) is 0 Å². The predicted octanol–water partition coefficient (Wildman–Crippen LogP) is 6.03. The van der Waals surface area contributed by atoms with Crippen molar-refractivity contribution in [3.8, 4) is 0 Å². The number of hydrogen-bond acceptors (Lipinski definition) is 0. The molecular formula is C10H19I3P2. The standard InChI is InChI=1S/C10H19I3P2/c1-14(2,12)9-6-4-5-7-10(9)15(3,13)8-11/h4,6,14-15H,5,7-8H2,1-3H3. The van der Waals surface area contributed by atoms with Crippen LogP contribution in [0, 0.1) is 0 Å². The van der Waals surface area contributed by atoms with Crippen LogP contribution < -0.4 is 0 Å². The maximum atomic E-state index is 2.77. The van der Waals surface area contributed by atoms with E-state index in [1.165, 1.54) is 17.0 Å². The normalized spacial score (nSPS) is 20.7. The summed E-state index contributed by atoms with van der Waals surface area (Å²) >= 11 is 8.07. The van der Waals surface area contributed by atoms with Crippen LogP contribution in [0.4, 0.5) is 0 Å². The molecule has 90 valence electrons. The molecule has 0 spiro atoms. The van der Waals surface area contributed by atoms with Gasteiger partial charge in [-0.2, -0.15) is 0 Å². The molecule has 0 bridgehead atoms. The Labute approximate surface area is 134 Å². The Balaban J connectivity index is 3.19. The molecular weight excluding hydrogens is 563 g/mol. The van der Waals surface area contributed by atoms with Crippen LogP contribution in [0.2, 0.25) is 0 Å². The van der Waals surface area contributed by atoms with Gasteiger partial charge in [-0.15, -0.1) is 0 Å². The molecule has 0 aromatic carbocycles. The summed E-state index contributed by atoms with van der Waals surface area (Å²) in [5.41, 5.74) is 0. The fraction of sp³-hybridized carbons (Fsp3) is 0.600. The van der Waals surface area contributed by atoms with Crippen molar-refractivity contribution >= 4 is 76.5 Å². The van der Waals surface area contributed by atoms with E-state index in [1.807, 2.05) is 5.31 Å². The van der Waals surface area contributed by atoms with E-state index in [9.17, 15) is 0 Å². The van der Waals surface area contributed by atoms with Gasteiger partial charge >= 0.3 is 136 Å². The molecule has 0 unspecified atom stereocenters. The second-order valence-electron chi connectivity index (χ2n) is 4.64. The molecule has 0 saturated carbocycles. The third-order valence-electron chi connectivity index (χ3n) is 2.69. The fourth-order valence-electron chi connectivity index (χ4n) is 1.84. The third-order valence-corrected chi connectivity index (χ3v) is 20.8. The summed E-state index contributed by atoms with van der Waals surface area (Å²) in [5, 5.41) is 3.60. The molecule has 0 aliphatic heterocycles. The van der Waals surface area contributed by atoms with Crippen molar-refractivity contribution in [1.29, 1.82) is 0 Å². The molecule has 1 rings (SSSR count). The summed E-state index contributed by atoms with van der Waals surface area (Å²) in [5.74, 6) is 0. The summed E-state index contributed by atoms with van der Waals surface area (Å²) in [4.78, 5) is -2.29. The zero-order valence-electron chi connectivity index (χ0n) is 9.41. The Kier molecular flexibility index (Phi) is 6.36. The monoisotopic (exact) mass is 582 g/mol. The summed E-state index contributed by atoms with van der Waals surface area (Å²) in [7, 11) is 0. The zero-order valence-corrected chi connectivity index (χ0v) is 17.9. The topological polar surface area (TPSA) is 0 Å². The Morgan fingerprint density at radius 2 is 1.87 bits per heavy atom. The van der Waals surface area contributed by atoms with Gasteiger partial charge < -0.3 is 0 Å². The van der Waals surface area contributed by atoms with Crippen molar-refractivity contribution in [3.05, 3.63) is 22.8 Å². The van der Waals surface area contributed by atoms with E-state index in [0.717, 1.165) is 0 Å². The molecule has 0 nitrogen and oxygen atoms in total. The Bertz CT molecular complexity index is 300. The SMILES string of the molecule is C[PH](C)(I)C1=C([PH](C)(I)CI)CCC=C1. The third kappa shape index (κ3) is 4.29. The quantitative estimate of drug-likeness (QED) is 0.217. The maximum absolute atomic E-state index is 2.77. The summed E-state index contributed by atoms with van der Waals surface area (Å²) in [6, 6.07) is 0. The second-order valence-corrected chi connectivity index (χ2v) is 28.9. The fourth-order valence-corrected chi connectivity index (χ4v) is 12.5. The van der Waals surface area contributed by atoms with Gasteiger partial charge in [0.1, 0.15) is 0 Å². The summed E-state index contributed by atoms with van der Waals surface area (Å²) < 4.78 is 1.35. The number of hydrogen-bond donors (Lipinski definition) is 0. The van der Waals surface area contributed by atoms with Crippen LogP contribution >= 0.6 is 76.5 Å². The van der Waals surface area contributed by atoms with E-state index in [-0.39, 0.29) is 0 Å². The average molecular weight is 582 g/mol. The van der Waals surface area contributed by atoms with Gasteiger partial charge in [-0.1, -0.05) is 0 Å². The van der Waals surface area contributed by atoms with Crippen LogP contribution in [0.3, 0.4) is 0 Å². The van der Waals surface area contributed by atoms with Crippen LogP contribution in [0.1, 0.15) is 12.8 Å². The average Bonchev–Trinajstić information content (AvgIpc) is 2.16. The van der Waals surface area contributed by atoms with E-state index in [1.54, 1.807) is 5.31 Å². The molecule has 0 saturated heterocycles. The molecule has 0 N–H and O–H groups in total. The molecule has 0 heterocycles. The van der Waals surface area contributed by atoms with Crippen molar-refractivity contribution in [2.45, 2.75) is 12.8 Å². The second kappa shape index (κ2) is 6.12. The first-order valence-corrected chi connectivity index (χ1v) is 18.6. The van der Waals surface area contributed by atoms with Gasteiger partial charge in [-0.25, -0.2) is 0 Å². The Hall–Kier alpha value is 2.53. The van der Waals surface area contributed by atoms with Gasteiger partial charge in [0.15, 0.2) is 0 Å². The molecule has 15 heavy (non-hydrogen) atoms. The molecule has 5 heteroatoms. The molecule has 0 radical (unpaired) electrons. The van der Waals surface area contributed by atoms with Crippen molar-refractivity contribution in [3.63, 3.8) is 0 Å². The number of rotatable bonds is 3. The first-order chi connectivity index (χ1) is 6.79. The van der Waals surface area contributed by atoms with Crippen molar-refractivity contribution < 1.29 is 0 Å². The van der Waals surface area contributed by atoms with Crippen LogP contribution in [0.15, 0.2) is 22.8 Å². The van der Waals surface area contributed by atoms with Gasteiger partial charge in [0.05, 0.1) is 0 Å². The van der Waals surface area contributed by atoms with E-state index in [4.69, 9.17) is 0 Å². The van der Waals surface area contributed by atoms with Crippen molar-refractivity contribution in [2.75, 3.05) is 24.2 Å². The van der Waals surface area contributed by atoms with Crippen molar-refractivity contribution in [2.24, 2.45) is 0 Å². The first kappa shape index (κ1) is 15.6. The van der Waals surface area contributed by atoms with Gasteiger partial charge in [-0.3, -0.25) is 0 Å².